The highest BCUT2D eigenvalue weighted by Gasteiger charge is 2.29. The lowest BCUT2D eigenvalue weighted by atomic mass is 10.1. The molecule has 1 unspecified atom stereocenters. The molecule has 0 aliphatic carbocycles. The summed E-state index contributed by atoms with van der Waals surface area (Å²) in [5, 5.41) is 6.24. The van der Waals surface area contributed by atoms with Crippen LogP contribution in [0.4, 0.5) is 5.95 Å². The number of nitrogen functional groups attached to an aromatic ring is 1. The first-order chi connectivity index (χ1) is 8.66. The SMILES string of the molecule is CC1c2cccn2CCN1C(=O)c1nc(N)n[nH]1. The van der Waals surface area contributed by atoms with Crippen LogP contribution in [0.5, 0.6) is 0 Å². The number of hydrogen-bond acceptors (Lipinski definition) is 4. The van der Waals surface area contributed by atoms with Gasteiger partial charge in [0.25, 0.3) is 5.91 Å². The number of nitrogens with one attached hydrogen (secondary N) is 1. The quantitative estimate of drug-likeness (QED) is 0.762. The molecule has 7 heteroatoms. The van der Waals surface area contributed by atoms with E-state index in [1.54, 1.807) is 4.90 Å². The first-order valence-corrected chi connectivity index (χ1v) is 5.80. The predicted octanol–water partition coefficient (Wildman–Crippen LogP) is 0.405. The van der Waals surface area contributed by atoms with Crippen LogP contribution in [0.1, 0.15) is 29.3 Å². The summed E-state index contributed by atoms with van der Waals surface area (Å²) in [6.45, 7) is 3.45. The average molecular weight is 246 g/mol. The van der Waals surface area contributed by atoms with Crippen LogP contribution in [0, 0.1) is 0 Å². The number of amides is 1. The lowest BCUT2D eigenvalue weighted by Crippen LogP contribution is -2.41. The number of anilines is 1. The molecule has 3 rings (SSSR count). The Labute approximate surface area is 104 Å². The number of carbonyl (C=O) groups excluding carboxylic acids is 1. The van der Waals surface area contributed by atoms with E-state index in [1.807, 2.05) is 25.3 Å². The van der Waals surface area contributed by atoms with Gasteiger partial charge in [0.15, 0.2) is 0 Å². The van der Waals surface area contributed by atoms with Crippen LogP contribution in [0.2, 0.25) is 0 Å². The zero-order valence-corrected chi connectivity index (χ0v) is 10.00. The number of nitrogens with zero attached hydrogens (tertiary/aromatic N) is 4. The van der Waals surface area contributed by atoms with Gasteiger partial charge in [0.2, 0.25) is 11.8 Å². The van der Waals surface area contributed by atoms with Crippen LogP contribution in [0.25, 0.3) is 0 Å². The van der Waals surface area contributed by atoms with E-state index in [0.29, 0.717) is 6.54 Å². The lowest BCUT2D eigenvalue weighted by Gasteiger charge is -2.34. The minimum atomic E-state index is -0.167. The lowest BCUT2D eigenvalue weighted by molar-refractivity contribution is 0.0632. The highest BCUT2D eigenvalue weighted by atomic mass is 16.2. The Morgan fingerprint density at radius 1 is 1.56 bits per heavy atom. The molecule has 0 bridgehead atoms. The molecule has 0 saturated carbocycles. The van der Waals surface area contributed by atoms with E-state index in [1.165, 1.54) is 0 Å². The third-order valence-electron chi connectivity index (χ3n) is 3.31. The Bertz CT molecular complexity index is 586. The van der Waals surface area contributed by atoms with Gasteiger partial charge in [-0.2, -0.15) is 4.98 Å². The van der Waals surface area contributed by atoms with Crippen LogP contribution in [-0.4, -0.2) is 37.1 Å². The second-order valence-electron chi connectivity index (χ2n) is 4.34. The van der Waals surface area contributed by atoms with Crippen molar-refractivity contribution in [1.29, 1.82) is 0 Å². The fraction of sp³-hybridized carbons (Fsp3) is 0.364. The van der Waals surface area contributed by atoms with Gasteiger partial charge in [0, 0.05) is 25.0 Å². The largest absolute Gasteiger partial charge is 0.366 e. The van der Waals surface area contributed by atoms with Crippen molar-refractivity contribution in [2.75, 3.05) is 12.3 Å². The van der Waals surface area contributed by atoms with Crippen LogP contribution >= 0.6 is 0 Å². The summed E-state index contributed by atoms with van der Waals surface area (Å²) in [7, 11) is 0. The molecule has 7 nitrogen and oxygen atoms in total. The smallest absolute Gasteiger partial charge is 0.291 e. The zero-order valence-electron chi connectivity index (χ0n) is 10.00. The highest BCUT2D eigenvalue weighted by molar-refractivity contribution is 5.91. The number of carbonyl (C=O) groups is 1. The minimum absolute atomic E-state index is 0.0209. The number of aromatic nitrogens is 4. The summed E-state index contributed by atoms with van der Waals surface area (Å²) in [5.41, 5.74) is 6.54. The van der Waals surface area contributed by atoms with Crippen LogP contribution < -0.4 is 5.73 Å². The van der Waals surface area contributed by atoms with Crippen molar-refractivity contribution in [1.82, 2.24) is 24.6 Å². The molecule has 1 aliphatic heterocycles. The number of hydrogen-bond donors (Lipinski definition) is 2. The molecule has 0 aromatic carbocycles. The zero-order chi connectivity index (χ0) is 12.7. The Hall–Kier alpha value is -2.31. The topological polar surface area (TPSA) is 92.8 Å². The predicted molar refractivity (Wildman–Crippen MR) is 64.7 cm³/mol. The molecule has 0 fully saturated rings. The van der Waals surface area contributed by atoms with Gasteiger partial charge in [0.05, 0.1) is 6.04 Å². The summed E-state index contributed by atoms with van der Waals surface area (Å²) in [4.78, 5) is 17.9. The van der Waals surface area contributed by atoms with Crippen molar-refractivity contribution >= 4 is 11.9 Å². The van der Waals surface area contributed by atoms with Gasteiger partial charge in [-0.1, -0.05) is 0 Å². The van der Waals surface area contributed by atoms with Crippen molar-refractivity contribution < 1.29 is 4.79 Å². The van der Waals surface area contributed by atoms with E-state index < -0.39 is 0 Å². The highest BCUT2D eigenvalue weighted by Crippen LogP contribution is 2.26. The van der Waals surface area contributed by atoms with Gasteiger partial charge in [-0.05, 0) is 19.1 Å². The van der Waals surface area contributed by atoms with Crippen molar-refractivity contribution in [3.05, 3.63) is 29.8 Å². The molecule has 0 radical (unpaired) electrons. The third kappa shape index (κ3) is 1.55. The molecule has 18 heavy (non-hydrogen) atoms. The third-order valence-corrected chi connectivity index (χ3v) is 3.31. The fourth-order valence-electron chi connectivity index (χ4n) is 2.36. The Morgan fingerprint density at radius 3 is 3.11 bits per heavy atom. The molecule has 0 spiro atoms. The second kappa shape index (κ2) is 3.86. The number of rotatable bonds is 1. The van der Waals surface area contributed by atoms with Gasteiger partial charge in [-0.3, -0.25) is 9.89 Å². The molecule has 0 saturated heterocycles. The first-order valence-electron chi connectivity index (χ1n) is 5.80. The molecule has 1 amide bonds. The van der Waals surface area contributed by atoms with Gasteiger partial charge in [-0.15, -0.1) is 5.10 Å². The molecule has 1 aliphatic rings. The molecule has 94 valence electrons. The maximum Gasteiger partial charge on any atom is 0.291 e. The molecule has 3 heterocycles. The molecular weight excluding hydrogens is 232 g/mol. The molecule has 2 aromatic heterocycles. The maximum atomic E-state index is 12.3. The number of aromatic amines is 1. The average Bonchev–Trinajstić information content (AvgIpc) is 2.97. The molecule has 1 atom stereocenters. The minimum Gasteiger partial charge on any atom is -0.366 e. The Kier molecular flexibility index (Phi) is 2.32. The van der Waals surface area contributed by atoms with Crippen molar-refractivity contribution in [2.45, 2.75) is 19.5 Å². The van der Waals surface area contributed by atoms with Crippen LogP contribution in [-0.2, 0) is 6.54 Å². The normalized spacial score (nSPS) is 18.7. The van der Waals surface area contributed by atoms with Gasteiger partial charge in [0.1, 0.15) is 0 Å². The summed E-state index contributed by atoms with van der Waals surface area (Å²) in [6, 6.07) is 4.04. The van der Waals surface area contributed by atoms with E-state index >= 15 is 0 Å². The number of fused-ring (bicyclic) bond motifs is 1. The van der Waals surface area contributed by atoms with Gasteiger partial charge >= 0.3 is 0 Å². The molecule has 2 aromatic rings. The van der Waals surface area contributed by atoms with E-state index in [0.717, 1.165) is 12.2 Å². The standard InChI is InChI=1S/C11H14N6O/c1-7-8-3-2-4-16(8)5-6-17(7)10(18)9-13-11(12)15-14-9/h2-4,7H,5-6H2,1H3,(H3,12,13,14,15). The van der Waals surface area contributed by atoms with E-state index in [2.05, 4.69) is 19.7 Å². The van der Waals surface area contributed by atoms with E-state index in [4.69, 9.17) is 5.73 Å². The van der Waals surface area contributed by atoms with Gasteiger partial charge in [-0.25, -0.2) is 0 Å². The van der Waals surface area contributed by atoms with Crippen LogP contribution in [0.3, 0.4) is 0 Å². The summed E-state index contributed by atoms with van der Waals surface area (Å²) < 4.78 is 2.16. The van der Waals surface area contributed by atoms with E-state index in [-0.39, 0.29) is 23.7 Å². The van der Waals surface area contributed by atoms with Crippen molar-refractivity contribution in [3.8, 4) is 0 Å². The Morgan fingerprint density at radius 2 is 2.39 bits per heavy atom. The number of nitrogens with two attached hydrogens (primary N) is 1. The van der Waals surface area contributed by atoms with Crippen molar-refractivity contribution in [2.24, 2.45) is 0 Å². The molecular formula is C11H14N6O. The summed E-state index contributed by atoms with van der Waals surface area (Å²) in [6.07, 6.45) is 2.03. The number of H-pyrrole nitrogens is 1. The fourth-order valence-corrected chi connectivity index (χ4v) is 2.36. The summed E-state index contributed by atoms with van der Waals surface area (Å²) >= 11 is 0. The summed E-state index contributed by atoms with van der Waals surface area (Å²) in [5.74, 6) is 0.116. The second-order valence-corrected chi connectivity index (χ2v) is 4.34. The van der Waals surface area contributed by atoms with Gasteiger partial charge < -0.3 is 15.2 Å². The monoisotopic (exact) mass is 246 g/mol. The first kappa shape index (κ1) is 10.8. The van der Waals surface area contributed by atoms with Crippen molar-refractivity contribution in [3.63, 3.8) is 0 Å². The maximum absolute atomic E-state index is 12.3. The Balaban J connectivity index is 1.88. The van der Waals surface area contributed by atoms with E-state index in [9.17, 15) is 4.79 Å². The van der Waals surface area contributed by atoms with Crippen LogP contribution in [0.15, 0.2) is 18.3 Å². The molecule has 3 N–H and O–H groups in total.